The summed E-state index contributed by atoms with van der Waals surface area (Å²) in [4.78, 5) is 33.4. The highest BCUT2D eigenvalue weighted by Crippen LogP contribution is 2.23. The molecular weight excluding hydrogens is 304 g/mol. The number of carboxylic acid groups (broad SMARTS) is 1. The van der Waals surface area contributed by atoms with Crippen LogP contribution in [0.5, 0.6) is 0 Å². The average molecular weight is 320 g/mol. The Balaban J connectivity index is 1.96. The summed E-state index contributed by atoms with van der Waals surface area (Å²) < 4.78 is 9.90. The summed E-state index contributed by atoms with van der Waals surface area (Å²) >= 11 is 0. The third-order valence-electron chi connectivity index (χ3n) is 3.01. The maximum absolute atomic E-state index is 11.7. The number of benzene rings is 1. The van der Waals surface area contributed by atoms with Crippen LogP contribution in [0.3, 0.4) is 0 Å². The van der Waals surface area contributed by atoms with Gasteiger partial charge in [0.05, 0.1) is 7.11 Å². The van der Waals surface area contributed by atoms with E-state index in [9.17, 15) is 14.4 Å². The fourth-order valence-electron chi connectivity index (χ4n) is 1.94. The predicted molar refractivity (Wildman–Crippen MR) is 81.4 cm³/mol. The van der Waals surface area contributed by atoms with Crippen molar-refractivity contribution in [1.29, 1.82) is 0 Å². The maximum atomic E-state index is 11.7. The number of carbonyl (C=O) groups excluding carboxylic acids is 2. The van der Waals surface area contributed by atoms with E-state index in [1.807, 2.05) is 0 Å². The second-order valence-corrected chi connectivity index (χ2v) is 4.73. The van der Waals surface area contributed by atoms with Crippen LogP contribution < -0.4 is 10.6 Å². The molecule has 8 nitrogen and oxygen atoms in total. The molecule has 0 atom stereocenters. The molecule has 8 heteroatoms. The van der Waals surface area contributed by atoms with Crippen LogP contribution in [0.2, 0.25) is 0 Å². The summed E-state index contributed by atoms with van der Waals surface area (Å²) in [7, 11) is 1.26. The summed E-state index contributed by atoms with van der Waals surface area (Å²) in [5.41, 5.74) is 1.02. The molecule has 0 aliphatic heterocycles. The summed E-state index contributed by atoms with van der Waals surface area (Å²) in [5, 5.41) is 14.3. The molecule has 0 saturated carbocycles. The van der Waals surface area contributed by atoms with E-state index in [0.717, 1.165) is 0 Å². The highest BCUT2D eigenvalue weighted by atomic mass is 16.5. The van der Waals surface area contributed by atoms with Crippen molar-refractivity contribution in [3.63, 3.8) is 0 Å². The number of furan rings is 1. The van der Waals surface area contributed by atoms with E-state index in [0.29, 0.717) is 23.1 Å². The molecule has 1 aromatic heterocycles. The van der Waals surface area contributed by atoms with Crippen molar-refractivity contribution in [3.05, 3.63) is 30.0 Å². The molecule has 1 aromatic carbocycles. The number of carboxylic acids is 1. The molecule has 23 heavy (non-hydrogen) atoms. The zero-order chi connectivity index (χ0) is 16.8. The zero-order valence-corrected chi connectivity index (χ0v) is 12.4. The fraction of sp³-hybridized carbons (Fsp3) is 0.267. The van der Waals surface area contributed by atoms with Gasteiger partial charge in [0.1, 0.15) is 5.58 Å². The first-order valence-corrected chi connectivity index (χ1v) is 6.88. The maximum Gasteiger partial charge on any atom is 0.373 e. The Labute approximate surface area is 131 Å². The minimum absolute atomic E-state index is 0.00242. The number of urea groups is 1. The lowest BCUT2D eigenvalue weighted by Gasteiger charge is -2.06. The number of nitrogens with one attached hydrogen (secondary N) is 2. The summed E-state index contributed by atoms with van der Waals surface area (Å²) in [5.74, 6) is -1.40. The quantitative estimate of drug-likeness (QED) is 0.555. The van der Waals surface area contributed by atoms with E-state index in [1.165, 1.54) is 13.2 Å². The van der Waals surface area contributed by atoms with Crippen molar-refractivity contribution >= 4 is 34.6 Å². The van der Waals surface area contributed by atoms with Gasteiger partial charge in [0.2, 0.25) is 5.76 Å². The van der Waals surface area contributed by atoms with Crippen molar-refractivity contribution in [2.75, 3.05) is 19.0 Å². The summed E-state index contributed by atoms with van der Waals surface area (Å²) in [6, 6.07) is 6.00. The molecule has 0 fully saturated rings. The number of rotatable bonds is 6. The number of amides is 2. The largest absolute Gasteiger partial charge is 0.481 e. The lowest BCUT2D eigenvalue weighted by Crippen LogP contribution is -2.29. The first-order valence-electron chi connectivity index (χ1n) is 6.88. The van der Waals surface area contributed by atoms with Gasteiger partial charge in [-0.3, -0.25) is 4.79 Å². The van der Waals surface area contributed by atoms with Crippen molar-refractivity contribution < 1.29 is 28.6 Å². The molecule has 0 saturated heterocycles. The molecule has 3 N–H and O–H groups in total. The number of carbonyl (C=O) groups is 3. The molecule has 2 aromatic rings. The highest BCUT2D eigenvalue weighted by Gasteiger charge is 2.13. The van der Waals surface area contributed by atoms with Gasteiger partial charge in [-0.05, 0) is 30.7 Å². The molecule has 0 spiro atoms. The Morgan fingerprint density at radius 2 is 2.04 bits per heavy atom. The third-order valence-corrected chi connectivity index (χ3v) is 3.01. The highest BCUT2D eigenvalue weighted by molar-refractivity contribution is 5.95. The molecular formula is C15H16N2O6. The number of anilines is 1. The minimum atomic E-state index is -0.904. The van der Waals surface area contributed by atoms with Crippen LogP contribution in [0.15, 0.2) is 28.7 Å². The Kier molecular flexibility index (Phi) is 5.19. The lowest BCUT2D eigenvalue weighted by atomic mass is 10.2. The van der Waals surface area contributed by atoms with Gasteiger partial charge in [-0.15, -0.1) is 0 Å². The van der Waals surface area contributed by atoms with E-state index < -0.39 is 18.0 Å². The van der Waals surface area contributed by atoms with E-state index >= 15 is 0 Å². The Morgan fingerprint density at radius 3 is 2.74 bits per heavy atom. The van der Waals surface area contributed by atoms with Gasteiger partial charge in [0, 0.05) is 24.0 Å². The monoisotopic (exact) mass is 320 g/mol. The van der Waals surface area contributed by atoms with Gasteiger partial charge in [-0.1, -0.05) is 0 Å². The molecule has 0 bridgehead atoms. The number of aliphatic carboxylic acids is 1. The van der Waals surface area contributed by atoms with Crippen molar-refractivity contribution in [2.45, 2.75) is 12.8 Å². The standard InChI is InChI=1S/C15H16N2O6/c1-22-14(20)12-8-9-7-10(4-5-11(9)23-12)17-15(21)16-6-2-3-13(18)19/h4-5,7-8H,2-3,6H2,1H3,(H,18,19)(H2,16,17,21). The van der Waals surface area contributed by atoms with Gasteiger partial charge in [0.15, 0.2) is 0 Å². The summed E-state index contributed by atoms with van der Waals surface area (Å²) in [6.07, 6.45) is 0.351. The number of methoxy groups -OCH3 is 1. The lowest BCUT2D eigenvalue weighted by molar-refractivity contribution is -0.137. The number of fused-ring (bicyclic) bond motifs is 1. The van der Waals surface area contributed by atoms with Crippen molar-refractivity contribution in [3.8, 4) is 0 Å². The van der Waals surface area contributed by atoms with Gasteiger partial charge in [0.25, 0.3) is 0 Å². The van der Waals surface area contributed by atoms with Crippen LogP contribution in [0.4, 0.5) is 10.5 Å². The Hall–Kier alpha value is -3.03. The topological polar surface area (TPSA) is 118 Å². The second kappa shape index (κ2) is 7.30. The molecule has 1 heterocycles. The Morgan fingerprint density at radius 1 is 1.26 bits per heavy atom. The molecule has 2 rings (SSSR count). The predicted octanol–water partition coefficient (Wildman–Crippen LogP) is 2.21. The van der Waals surface area contributed by atoms with Crippen LogP contribution in [0.1, 0.15) is 23.4 Å². The van der Waals surface area contributed by atoms with Crippen LogP contribution in [-0.2, 0) is 9.53 Å². The Bertz CT molecular complexity index is 737. The number of ether oxygens (including phenoxy) is 1. The fourth-order valence-corrected chi connectivity index (χ4v) is 1.94. The molecule has 122 valence electrons. The SMILES string of the molecule is COC(=O)c1cc2cc(NC(=O)NCCCC(=O)O)ccc2o1. The summed E-state index contributed by atoms with van der Waals surface area (Å²) in [6.45, 7) is 0.262. The molecule has 0 aliphatic carbocycles. The van der Waals surface area contributed by atoms with E-state index in [2.05, 4.69) is 15.4 Å². The third kappa shape index (κ3) is 4.47. The van der Waals surface area contributed by atoms with Gasteiger partial charge >= 0.3 is 18.0 Å². The van der Waals surface area contributed by atoms with Crippen LogP contribution in [0.25, 0.3) is 11.0 Å². The minimum Gasteiger partial charge on any atom is -0.481 e. The van der Waals surface area contributed by atoms with Crippen LogP contribution in [0, 0.1) is 0 Å². The van der Waals surface area contributed by atoms with Crippen molar-refractivity contribution in [1.82, 2.24) is 5.32 Å². The number of hydrogen-bond acceptors (Lipinski definition) is 5. The van der Waals surface area contributed by atoms with E-state index in [1.54, 1.807) is 18.2 Å². The smallest absolute Gasteiger partial charge is 0.373 e. The van der Waals surface area contributed by atoms with E-state index in [-0.39, 0.29) is 18.7 Å². The first kappa shape index (κ1) is 16.3. The normalized spacial score (nSPS) is 10.3. The first-order chi connectivity index (χ1) is 11.0. The molecule has 0 unspecified atom stereocenters. The van der Waals surface area contributed by atoms with Crippen LogP contribution >= 0.6 is 0 Å². The van der Waals surface area contributed by atoms with Gasteiger partial charge in [-0.25, -0.2) is 9.59 Å². The van der Waals surface area contributed by atoms with E-state index in [4.69, 9.17) is 9.52 Å². The zero-order valence-electron chi connectivity index (χ0n) is 12.4. The van der Waals surface area contributed by atoms with Crippen molar-refractivity contribution in [2.24, 2.45) is 0 Å². The van der Waals surface area contributed by atoms with Crippen LogP contribution in [-0.4, -0.2) is 36.7 Å². The molecule has 0 aliphatic rings. The number of hydrogen-bond donors (Lipinski definition) is 3. The molecule has 2 amide bonds. The van der Waals surface area contributed by atoms with Gasteiger partial charge < -0.3 is 24.9 Å². The molecule has 0 radical (unpaired) electrons. The number of esters is 1. The average Bonchev–Trinajstić information content (AvgIpc) is 2.93. The second-order valence-electron chi connectivity index (χ2n) is 4.73. The van der Waals surface area contributed by atoms with Gasteiger partial charge in [-0.2, -0.15) is 0 Å².